The van der Waals surface area contributed by atoms with E-state index in [9.17, 15) is 21.6 Å². The van der Waals surface area contributed by atoms with Crippen LogP contribution in [0, 0.1) is 0 Å². The number of hydrogen-bond acceptors (Lipinski definition) is 7. The third-order valence-electron chi connectivity index (χ3n) is 2.42. The molecule has 0 amide bonds. The lowest BCUT2D eigenvalue weighted by atomic mass is 10.1. The molecule has 0 spiro atoms. The molecule has 0 saturated carbocycles. The zero-order valence-corrected chi connectivity index (χ0v) is 11.7. The molecule has 1 aromatic heterocycles. The van der Waals surface area contributed by atoms with E-state index in [2.05, 4.69) is 14.2 Å². The van der Waals surface area contributed by atoms with Crippen molar-refractivity contribution in [3.8, 4) is 5.88 Å². The fourth-order valence-electron chi connectivity index (χ4n) is 1.49. The maximum absolute atomic E-state index is 12.3. The highest BCUT2D eigenvalue weighted by Gasteiger charge is 2.49. The van der Waals surface area contributed by atoms with Gasteiger partial charge in [0.25, 0.3) is 0 Å². The normalized spacial score (nSPS) is 15.8. The van der Waals surface area contributed by atoms with Crippen LogP contribution in [0.25, 0.3) is 0 Å². The summed E-state index contributed by atoms with van der Waals surface area (Å²) in [5, 5.41) is 0.137. The Labute approximate surface area is 116 Å². The molecule has 112 valence electrons. The monoisotopic (exact) mass is 330 g/mol. The Morgan fingerprint density at radius 2 is 2.05 bits per heavy atom. The van der Waals surface area contributed by atoms with Gasteiger partial charge in [-0.05, 0) is 6.26 Å². The van der Waals surface area contributed by atoms with Gasteiger partial charge >= 0.3 is 15.6 Å². The minimum absolute atomic E-state index is 0.0906. The third kappa shape index (κ3) is 2.99. The van der Waals surface area contributed by atoms with E-state index in [4.69, 9.17) is 4.74 Å². The predicted octanol–water partition coefficient (Wildman–Crippen LogP) is 1.50. The van der Waals surface area contributed by atoms with Gasteiger partial charge in [-0.15, -0.1) is 0 Å². The van der Waals surface area contributed by atoms with Gasteiger partial charge in [-0.25, -0.2) is 4.98 Å². The molecule has 20 heavy (non-hydrogen) atoms. The first kappa shape index (κ1) is 15.3. The highest BCUT2D eigenvalue weighted by molar-refractivity contribution is 7.98. The summed E-state index contributed by atoms with van der Waals surface area (Å²) in [6.45, 7) is 0.260. The van der Waals surface area contributed by atoms with Crippen molar-refractivity contribution in [2.24, 2.45) is 0 Å². The molecule has 6 nitrogen and oxygen atoms in total. The minimum Gasteiger partial charge on any atom is -0.376 e. The quantitative estimate of drug-likeness (QED) is 0.360. The van der Waals surface area contributed by atoms with Crippen LogP contribution in [0.1, 0.15) is 11.3 Å². The van der Waals surface area contributed by atoms with Crippen LogP contribution in [-0.2, 0) is 27.9 Å². The van der Waals surface area contributed by atoms with Crippen LogP contribution >= 0.6 is 11.8 Å². The Morgan fingerprint density at radius 3 is 2.65 bits per heavy atom. The van der Waals surface area contributed by atoms with Gasteiger partial charge in [0, 0.05) is 6.42 Å². The van der Waals surface area contributed by atoms with Crippen LogP contribution < -0.4 is 4.18 Å². The molecule has 0 N–H and O–H groups in total. The summed E-state index contributed by atoms with van der Waals surface area (Å²) in [7, 11) is -5.76. The first-order valence-corrected chi connectivity index (χ1v) is 7.90. The molecule has 1 aliphatic heterocycles. The van der Waals surface area contributed by atoms with E-state index in [1.807, 2.05) is 0 Å². The number of halogens is 3. The molecule has 0 fully saturated rings. The molecule has 1 aromatic rings. The van der Waals surface area contributed by atoms with Gasteiger partial charge in [0.1, 0.15) is 0 Å². The Bertz CT molecular complexity index is 618. The number of ether oxygens (including phenoxy) is 1. The SMILES string of the molecule is CSc1nc2c(c(OS(=O)(=O)C(F)(F)F)n1)COCC2. The van der Waals surface area contributed by atoms with Gasteiger partial charge in [0.2, 0.25) is 5.88 Å². The molecule has 0 unspecified atom stereocenters. The van der Waals surface area contributed by atoms with Gasteiger partial charge in [0.15, 0.2) is 5.16 Å². The fourth-order valence-corrected chi connectivity index (χ4v) is 2.31. The predicted molar refractivity (Wildman–Crippen MR) is 62.8 cm³/mol. The standard InChI is InChI=1S/C9H9F3N2O4S2/c1-19-8-13-6-2-3-17-4-5(6)7(14-8)18-20(15,16)9(10,11)12/h2-4H2,1H3. The molecule has 0 aromatic carbocycles. The van der Waals surface area contributed by atoms with Gasteiger partial charge < -0.3 is 8.92 Å². The van der Waals surface area contributed by atoms with E-state index in [1.54, 1.807) is 6.26 Å². The largest absolute Gasteiger partial charge is 0.534 e. The van der Waals surface area contributed by atoms with E-state index in [0.717, 1.165) is 11.8 Å². The van der Waals surface area contributed by atoms with Crippen molar-refractivity contribution in [3.63, 3.8) is 0 Å². The molecular weight excluding hydrogens is 321 g/mol. The number of hydrogen-bond donors (Lipinski definition) is 0. The lowest BCUT2D eigenvalue weighted by Gasteiger charge is -2.19. The zero-order chi connectivity index (χ0) is 15.0. The number of nitrogens with zero attached hydrogens (tertiary/aromatic N) is 2. The van der Waals surface area contributed by atoms with Crippen LogP contribution in [0.4, 0.5) is 13.2 Å². The van der Waals surface area contributed by atoms with Crippen LogP contribution in [0.15, 0.2) is 5.16 Å². The molecule has 0 aliphatic carbocycles. The second-order valence-electron chi connectivity index (χ2n) is 3.73. The number of alkyl halides is 3. The summed E-state index contributed by atoms with van der Waals surface area (Å²) in [5.74, 6) is -0.628. The number of fused-ring (bicyclic) bond motifs is 1. The van der Waals surface area contributed by atoms with E-state index >= 15 is 0 Å². The Morgan fingerprint density at radius 1 is 1.35 bits per heavy atom. The Kier molecular flexibility index (Phi) is 4.12. The molecule has 0 saturated heterocycles. The first-order valence-electron chi connectivity index (χ1n) is 5.27. The maximum atomic E-state index is 12.3. The molecule has 2 rings (SSSR count). The summed E-state index contributed by atoms with van der Waals surface area (Å²) in [6.07, 6.45) is 1.97. The molecule has 1 aliphatic rings. The summed E-state index contributed by atoms with van der Waals surface area (Å²) in [5.41, 5.74) is -4.95. The molecule has 11 heteroatoms. The van der Waals surface area contributed by atoms with E-state index in [0.29, 0.717) is 18.7 Å². The van der Waals surface area contributed by atoms with Gasteiger partial charge in [-0.3, -0.25) is 0 Å². The highest BCUT2D eigenvalue weighted by Crippen LogP contribution is 2.31. The second kappa shape index (κ2) is 5.37. The summed E-state index contributed by atoms with van der Waals surface area (Å²) in [4.78, 5) is 7.77. The average Bonchev–Trinajstić information content (AvgIpc) is 2.36. The smallest absolute Gasteiger partial charge is 0.376 e. The third-order valence-corrected chi connectivity index (χ3v) is 3.91. The Hall–Kier alpha value is -1.07. The molecule has 0 atom stereocenters. The fraction of sp³-hybridized carbons (Fsp3) is 0.556. The van der Waals surface area contributed by atoms with Crippen molar-refractivity contribution in [3.05, 3.63) is 11.3 Å². The van der Waals surface area contributed by atoms with Crippen LogP contribution in [-0.4, -0.2) is 36.8 Å². The minimum atomic E-state index is -5.76. The summed E-state index contributed by atoms with van der Waals surface area (Å²) >= 11 is 1.07. The van der Waals surface area contributed by atoms with Crippen LogP contribution in [0.3, 0.4) is 0 Å². The number of rotatable bonds is 3. The van der Waals surface area contributed by atoms with Crippen molar-refractivity contribution in [1.82, 2.24) is 9.97 Å². The van der Waals surface area contributed by atoms with Crippen molar-refractivity contribution in [1.29, 1.82) is 0 Å². The van der Waals surface area contributed by atoms with E-state index in [1.165, 1.54) is 0 Å². The highest BCUT2D eigenvalue weighted by atomic mass is 32.2. The topological polar surface area (TPSA) is 78.4 Å². The first-order chi connectivity index (χ1) is 9.24. The van der Waals surface area contributed by atoms with Gasteiger partial charge in [-0.2, -0.15) is 26.6 Å². The van der Waals surface area contributed by atoms with Gasteiger partial charge in [0.05, 0.1) is 24.5 Å². The van der Waals surface area contributed by atoms with Crippen molar-refractivity contribution >= 4 is 21.9 Å². The number of thioether (sulfide) groups is 1. The van der Waals surface area contributed by atoms with E-state index in [-0.39, 0.29) is 17.3 Å². The lowest BCUT2D eigenvalue weighted by molar-refractivity contribution is -0.0502. The van der Waals surface area contributed by atoms with Crippen molar-refractivity contribution < 1.29 is 30.5 Å². The van der Waals surface area contributed by atoms with Crippen LogP contribution in [0.2, 0.25) is 0 Å². The zero-order valence-electron chi connectivity index (χ0n) is 10.1. The lowest BCUT2D eigenvalue weighted by Crippen LogP contribution is -2.29. The molecule has 0 radical (unpaired) electrons. The van der Waals surface area contributed by atoms with Crippen molar-refractivity contribution in [2.75, 3.05) is 12.9 Å². The molecular formula is C9H9F3N2O4S2. The van der Waals surface area contributed by atoms with Gasteiger partial charge in [-0.1, -0.05) is 11.8 Å². The second-order valence-corrected chi connectivity index (χ2v) is 6.04. The summed E-state index contributed by atoms with van der Waals surface area (Å²) in [6, 6.07) is 0. The van der Waals surface area contributed by atoms with Crippen LogP contribution in [0.5, 0.6) is 5.88 Å². The summed E-state index contributed by atoms with van der Waals surface area (Å²) < 4.78 is 68.3. The Balaban J connectivity index is 2.46. The van der Waals surface area contributed by atoms with Crippen molar-refractivity contribution in [2.45, 2.75) is 23.7 Å². The average molecular weight is 330 g/mol. The van der Waals surface area contributed by atoms with E-state index < -0.39 is 21.5 Å². The molecule has 0 bridgehead atoms. The maximum Gasteiger partial charge on any atom is 0.534 e. The number of aromatic nitrogens is 2. The molecule has 2 heterocycles.